The van der Waals surface area contributed by atoms with Crippen molar-refractivity contribution >= 4 is 44.4 Å². The minimum Gasteiger partial charge on any atom is -0.392 e. The van der Waals surface area contributed by atoms with Crippen LogP contribution in [0.15, 0.2) is 72.8 Å². The van der Waals surface area contributed by atoms with E-state index in [2.05, 4.69) is 142 Å². The molecule has 7 aromatic rings. The molecule has 4 aromatic carbocycles. The van der Waals surface area contributed by atoms with E-state index in [9.17, 15) is 20.4 Å². The Morgan fingerprint density at radius 3 is 0.838 bits per heavy atom. The first-order valence-corrected chi connectivity index (χ1v) is 23.5. The lowest BCUT2D eigenvalue weighted by Gasteiger charge is -2.15. The van der Waals surface area contributed by atoms with E-state index in [1.54, 1.807) is 0 Å². The standard InChI is InChI=1S/C60H62N4O4/c1-29-13-33(5)53(34(6)14-29)57-41(25-65)45-22-50-59(55-37(9)17-31(3)18-38(55)10)43(27-67)47(63-50)24-52-60(56-39(11)19-32(4)20-40(56)12)44(28-68)48(64-52)23-51-58(54-35(7)15-30(2)16-36(54)8)42(26-66)46(62-51)21-49(57)61-45/h13-24,61,64-68H,25-28H2,1-12H3. The first-order valence-electron chi connectivity index (χ1n) is 23.5. The van der Waals surface area contributed by atoms with Gasteiger partial charge >= 0.3 is 0 Å². The minimum absolute atomic E-state index is 0.274. The molecule has 6 N–H and O–H groups in total. The zero-order chi connectivity index (χ0) is 48.6. The van der Waals surface area contributed by atoms with Gasteiger partial charge in [-0.1, -0.05) is 70.8 Å². The first kappa shape index (κ1) is 46.4. The highest BCUT2D eigenvalue weighted by atomic mass is 16.3. The Labute approximate surface area is 399 Å². The number of aliphatic hydroxyl groups excluding tert-OH is 4. The summed E-state index contributed by atoms with van der Waals surface area (Å²) in [7, 11) is 0. The molecule has 8 bridgehead atoms. The number of aromatic amines is 2. The van der Waals surface area contributed by atoms with Crippen LogP contribution in [0.25, 0.3) is 66.6 Å². The van der Waals surface area contributed by atoms with Crippen molar-refractivity contribution in [1.29, 1.82) is 0 Å². The van der Waals surface area contributed by atoms with Gasteiger partial charge < -0.3 is 30.4 Å². The molecule has 5 heterocycles. The van der Waals surface area contributed by atoms with E-state index >= 15 is 0 Å². The molecule has 0 saturated heterocycles. The molecule has 0 spiro atoms. The van der Waals surface area contributed by atoms with Crippen LogP contribution < -0.4 is 0 Å². The molecule has 68 heavy (non-hydrogen) atoms. The Morgan fingerprint density at radius 2 is 0.574 bits per heavy atom. The number of hydrogen-bond acceptors (Lipinski definition) is 6. The zero-order valence-corrected chi connectivity index (χ0v) is 41.4. The number of benzene rings is 4. The average molecular weight is 903 g/mol. The van der Waals surface area contributed by atoms with E-state index in [4.69, 9.17) is 9.97 Å². The van der Waals surface area contributed by atoms with Gasteiger partial charge in [0, 0.05) is 66.6 Å². The number of aliphatic hydroxyl groups is 4. The van der Waals surface area contributed by atoms with Crippen LogP contribution in [0.1, 0.15) is 112 Å². The second kappa shape index (κ2) is 17.8. The van der Waals surface area contributed by atoms with Crippen LogP contribution in [0, 0.1) is 83.1 Å². The van der Waals surface area contributed by atoms with Crippen LogP contribution in [-0.2, 0) is 13.2 Å². The third kappa shape index (κ3) is 7.75. The topological polar surface area (TPSA) is 138 Å². The largest absolute Gasteiger partial charge is 0.392 e. The van der Waals surface area contributed by atoms with Gasteiger partial charge in [-0.25, -0.2) is 9.97 Å². The van der Waals surface area contributed by atoms with Crippen LogP contribution in [0.3, 0.4) is 0 Å². The number of H-pyrrole nitrogens is 2. The number of hydrogen-bond donors (Lipinski definition) is 6. The Hall–Kier alpha value is -6.68. The molecule has 8 heteroatoms. The molecule has 2 aliphatic heterocycles. The third-order valence-electron chi connectivity index (χ3n) is 14.0. The van der Waals surface area contributed by atoms with E-state index in [0.29, 0.717) is 56.1 Å². The lowest BCUT2D eigenvalue weighted by Crippen LogP contribution is -1.99. The fourth-order valence-electron chi connectivity index (χ4n) is 11.8. The molecule has 0 saturated carbocycles. The van der Waals surface area contributed by atoms with Gasteiger partial charge in [-0.15, -0.1) is 0 Å². The molecule has 8 nitrogen and oxygen atoms in total. The summed E-state index contributed by atoms with van der Waals surface area (Å²) in [6.45, 7) is 24.1. The summed E-state index contributed by atoms with van der Waals surface area (Å²) in [5.74, 6) is 0. The smallest absolute Gasteiger partial charge is 0.0740 e. The quantitative estimate of drug-likeness (QED) is 0.0898. The van der Waals surface area contributed by atoms with Gasteiger partial charge in [0.25, 0.3) is 0 Å². The van der Waals surface area contributed by atoms with Crippen molar-refractivity contribution in [1.82, 2.24) is 19.9 Å². The van der Waals surface area contributed by atoms with Gasteiger partial charge in [-0.2, -0.15) is 0 Å². The molecular weight excluding hydrogens is 841 g/mol. The summed E-state index contributed by atoms with van der Waals surface area (Å²) in [5.41, 5.74) is 28.3. The number of aromatic nitrogens is 4. The molecule has 0 amide bonds. The average Bonchev–Trinajstić information content (AvgIpc) is 3.96. The van der Waals surface area contributed by atoms with Gasteiger partial charge in [0.15, 0.2) is 0 Å². The van der Waals surface area contributed by atoms with Crippen LogP contribution in [0.5, 0.6) is 0 Å². The highest BCUT2D eigenvalue weighted by molar-refractivity contribution is 6.06. The van der Waals surface area contributed by atoms with Crippen LogP contribution >= 0.6 is 0 Å². The molecule has 2 aliphatic rings. The van der Waals surface area contributed by atoms with Gasteiger partial charge in [0.1, 0.15) is 0 Å². The van der Waals surface area contributed by atoms with Crippen molar-refractivity contribution in [2.24, 2.45) is 0 Å². The molecule has 0 fully saturated rings. The Balaban J connectivity index is 1.56. The number of fused-ring (bicyclic) bond motifs is 8. The second-order valence-corrected chi connectivity index (χ2v) is 19.4. The van der Waals surface area contributed by atoms with E-state index in [1.807, 2.05) is 24.3 Å². The summed E-state index contributed by atoms with van der Waals surface area (Å²) < 4.78 is 0. The van der Waals surface area contributed by atoms with Crippen LogP contribution in [-0.4, -0.2) is 53.6 Å². The minimum atomic E-state index is -0.286. The molecule has 0 aliphatic carbocycles. The number of rotatable bonds is 8. The van der Waals surface area contributed by atoms with E-state index in [-0.39, 0.29) is 26.4 Å². The predicted molar refractivity (Wildman–Crippen MR) is 279 cm³/mol. The fraction of sp³-hybridized carbons (Fsp3) is 0.267. The predicted octanol–water partition coefficient (Wildman–Crippen LogP) is 12.2. The third-order valence-corrected chi connectivity index (χ3v) is 14.0. The summed E-state index contributed by atoms with van der Waals surface area (Å²) >= 11 is 0. The van der Waals surface area contributed by atoms with Gasteiger partial charge in [-0.05, 0) is 174 Å². The number of nitrogens with zero attached hydrogens (tertiary/aromatic N) is 2. The second-order valence-electron chi connectivity index (χ2n) is 19.4. The lowest BCUT2D eigenvalue weighted by atomic mass is 9.88. The van der Waals surface area contributed by atoms with Gasteiger partial charge in [0.05, 0.1) is 49.2 Å². The molecule has 0 atom stereocenters. The maximum absolute atomic E-state index is 11.6. The zero-order valence-electron chi connectivity index (χ0n) is 41.4. The monoisotopic (exact) mass is 902 g/mol. The van der Waals surface area contributed by atoms with Crippen LogP contribution in [0.2, 0.25) is 0 Å². The van der Waals surface area contributed by atoms with E-state index in [0.717, 1.165) is 122 Å². The molecular formula is C60H62N4O4. The van der Waals surface area contributed by atoms with Crippen molar-refractivity contribution in [3.63, 3.8) is 0 Å². The lowest BCUT2D eigenvalue weighted by molar-refractivity contribution is 0.283. The normalized spacial score (nSPS) is 12.8. The van der Waals surface area contributed by atoms with Crippen molar-refractivity contribution in [3.8, 4) is 22.3 Å². The van der Waals surface area contributed by atoms with E-state index in [1.165, 1.54) is 0 Å². The fourth-order valence-corrected chi connectivity index (χ4v) is 11.8. The number of nitrogens with one attached hydrogen (secondary N) is 2. The highest BCUT2D eigenvalue weighted by Gasteiger charge is 2.29. The van der Waals surface area contributed by atoms with E-state index < -0.39 is 0 Å². The summed E-state index contributed by atoms with van der Waals surface area (Å²) in [6, 6.07) is 25.3. The first-order chi connectivity index (χ1) is 32.5. The highest BCUT2D eigenvalue weighted by Crippen LogP contribution is 2.45. The molecule has 0 unspecified atom stereocenters. The van der Waals surface area contributed by atoms with Crippen molar-refractivity contribution in [3.05, 3.63) is 185 Å². The molecule has 3 aromatic heterocycles. The summed E-state index contributed by atoms with van der Waals surface area (Å²) in [5, 5.41) is 46.3. The van der Waals surface area contributed by atoms with Crippen molar-refractivity contribution in [2.75, 3.05) is 13.2 Å². The SMILES string of the molecule is Cc1cc(C)c(C2=C(CO)c3cc4[nH]c(cc5nc(cc6[nH]c(cc2n3)c(CO)c6-c2c(C)cc(C)cc2C)C(CO)=C5c2c(C)cc(C)cc2C)c(CO)c4-c2c(C)cc(C)cc2C)c(C)c1. The maximum Gasteiger partial charge on any atom is 0.0740 e. The molecule has 346 valence electrons. The van der Waals surface area contributed by atoms with Gasteiger partial charge in [-0.3, -0.25) is 0 Å². The molecule has 0 radical (unpaired) electrons. The van der Waals surface area contributed by atoms with Gasteiger partial charge in [0.2, 0.25) is 0 Å². The van der Waals surface area contributed by atoms with Crippen molar-refractivity contribution < 1.29 is 20.4 Å². The summed E-state index contributed by atoms with van der Waals surface area (Å²) in [6.07, 6.45) is 0. The van der Waals surface area contributed by atoms with Crippen LogP contribution in [0.4, 0.5) is 0 Å². The Morgan fingerprint density at radius 1 is 0.309 bits per heavy atom. The Kier molecular flexibility index (Phi) is 12.1. The Bertz CT molecular complexity index is 3200. The summed E-state index contributed by atoms with van der Waals surface area (Å²) in [4.78, 5) is 18.4. The molecule has 9 rings (SSSR count). The number of aryl methyl sites for hydroxylation is 12. The maximum atomic E-state index is 11.6. The van der Waals surface area contributed by atoms with Crippen molar-refractivity contribution in [2.45, 2.75) is 96.3 Å².